The molecule has 0 aliphatic heterocycles. The van der Waals surface area contributed by atoms with Gasteiger partial charge in [-0.1, -0.05) is 49.4 Å². The summed E-state index contributed by atoms with van der Waals surface area (Å²) < 4.78 is 16.8. The van der Waals surface area contributed by atoms with Gasteiger partial charge in [0.25, 0.3) is 0 Å². The summed E-state index contributed by atoms with van der Waals surface area (Å²) in [5.74, 6) is 1.09. The lowest BCUT2D eigenvalue weighted by atomic mass is 10.2. The molecule has 2 aromatic carbocycles. The van der Waals surface area contributed by atoms with Gasteiger partial charge < -0.3 is 19.5 Å². The van der Waals surface area contributed by atoms with Gasteiger partial charge >= 0.3 is 6.09 Å². The number of carbonyl (C=O) groups is 1. The summed E-state index contributed by atoms with van der Waals surface area (Å²) in [6.07, 6.45) is -0.419. The van der Waals surface area contributed by atoms with E-state index in [0.717, 1.165) is 11.3 Å². The largest absolute Gasteiger partial charge is 0.493 e. The number of nitrogens with one attached hydrogen (secondary N) is 1. The van der Waals surface area contributed by atoms with Crippen LogP contribution in [-0.2, 0) is 22.6 Å². The molecular weight excluding hydrogens is 354 g/mol. The first-order valence-corrected chi connectivity index (χ1v) is 9.62. The van der Waals surface area contributed by atoms with Crippen LogP contribution in [0.25, 0.3) is 0 Å². The normalized spacial score (nSPS) is 12.3. The maximum absolute atomic E-state index is 11.7. The number of carbonyl (C=O) groups excluding carboxylic acids is 1. The van der Waals surface area contributed by atoms with Crippen molar-refractivity contribution in [2.45, 2.75) is 46.4 Å². The molecule has 0 heterocycles. The van der Waals surface area contributed by atoms with E-state index in [1.807, 2.05) is 63.2 Å². The summed E-state index contributed by atoms with van der Waals surface area (Å²) in [6, 6.07) is 17.8. The van der Waals surface area contributed by atoms with Crippen LogP contribution in [0, 0.1) is 5.92 Å². The van der Waals surface area contributed by atoms with Crippen LogP contribution < -0.4 is 10.1 Å². The third-order valence-electron chi connectivity index (χ3n) is 3.81. The molecule has 0 saturated heterocycles. The van der Waals surface area contributed by atoms with E-state index in [1.54, 1.807) is 0 Å². The Hall–Kier alpha value is -2.53. The Morgan fingerprint density at radius 1 is 0.964 bits per heavy atom. The van der Waals surface area contributed by atoms with Crippen molar-refractivity contribution in [3.63, 3.8) is 0 Å². The fraction of sp³-hybridized carbons (Fsp3) is 0.435. The topological polar surface area (TPSA) is 56.8 Å². The zero-order chi connectivity index (χ0) is 20.4. The summed E-state index contributed by atoms with van der Waals surface area (Å²) in [6.45, 7) is 9.88. The van der Waals surface area contributed by atoms with E-state index in [4.69, 9.17) is 14.2 Å². The van der Waals surface area contributed by atoms with Crippen LogP contribution in [0.5, 0.6) is 5.75 Å². The fourth-order valence-electron chi connectivity index (χ4n) is 2.43. The van der Waals surface area contributed by atoms with Crippen LogP contribution in [0.2, 0.25) is 0 Å². The van der Waals surface area contributed by atoms with Crippen LogP contribution in [0.4, 0.5) is 4.79 Å². The smallest absolute Gasteiger partial charge is 0.407 e. The van der Waals surface area contributed by atoms with Crippen molar-refractivity contribution in [2.24, 2.45) is 5.92 Å². The molecule has 152 valence electrons. The molecule has 2 rings (SSSR count). The minimum absolute atomic E-state index is 0.289. The van der Waals surface area contributed by atoms with Gasteiger partial charge in [-0.3, -0.25) is 0 Å². The molecule has 0 bridgehead atoms. The van der Waals surface area contributed by atoms with Crippen molar-refractivity contribution in [3.05, 3.63) is 65.7 Å². The maximum atomic E-state index is 11.7. The average molecular weight is 386 g/mol. The standard InChI is InChI=1S/C23H31NO4/c1-18(15-26-17-20-8-6-5-7-9-20)16-27-21-12-10-19(11-13-21)14-24-22(25)28-23(2,3)4/h5-13,18H,14-17H2,1-4H3,(H,24,25). The van der Waals surface area contributed by atoms with Gasteiger partial charge in [0.15, 0.2) is 0 Å². The number of ether oxygens (including phenoxy) is 3. The molecule has 0 aromatic heterocycles. The molecule has 1 unspecified atom stereocenters. The molecule has 5 nitrogen and oxygen atoms in total. The molecule has 5 heteroatoms. The predicted octanol–water partition coefficient (Wildman–Crippen LogP) is 4.94. The van der Waals surface area contributed by atoms with Gasteiger partial charge in [-0.2, -0.15) is 0 Å². The van der Waals surface area contributed by atoms with E-state index >= 15 is 0 Å². The number of alkyl carbamates (subject to hydrolysis) is 1. The Morgan fingerprint density at radius 3 is 2.29 bits per heavy atom. The lowest BCUT2D eigenvalue weighted by molar-refractivity contribution is 0.0523. The number of hydrogen-bond acceptors (Lipinski definition) is 4. The highest BCUT2D eigenvalue weighted by Gasteiger charge is 2.15. The van der Waals surface area contributed by atoms with Crippen molar-refractivity contribution in [1.82, 2.24) is 5.32 Å². The van der Waals surface area contributed by atoms with Crippen molar-refractivity contribution < 1.29 is 19.0 Å². The van der Waals surface area contributed by atoms with Crippen LogP contribution in [-0.4, -0.2) is 24.9 Å². The Morgan fingerprint density at radius 2 is 1.64 bits per heavy atom. The summed E-state index contributed by atoms with van der Waals surface area (Å²) >= 11 is 0. The molecule has 0 saturated carbocycles. The van der Waals surface area contributed by atoms with Gasteiger partial charge in [-0.25, -0.2) is 4.79 Å². The quantitative estimate of drug-likeness (QED) is 0.664. The van der Waals surface area contributed by atoms with E-state index in [1.165, 1.54) is 5.56 Å². The lowest BCUT2D eigenvalue weighted by Gasteiger charge is -2.19. The number of amides is 1. The molecular formula is C23H31NO4. The zero-order valence-corrected chi connectivity index (χ0v) is 17.2. The molecule has 0 aliphatic rings. The highest BCUT2D eigenvalue weighted by atomic mass is 16.6. The maximum Gasteiger partial charge on any atom is 0.407 e. The second-order valence-corrected chi connectivity index (χ2v) is 7.92. The van der Waals surface area contributed by atoms with E-state index in [0.29, 0.717) is 26.4 Å². The molecule has 1 amide bonds. The fourth-order valence-corrected chi connectivity index (χ4v) is 2.43. The van der Waals surface area contributed by atoms with E-state index in [-0.39, 0.29) is 5.92 Å². The van der Waals surface area contributed by atoms with Crippen molar-refractivity contribution in [3.8, 4) is 5.75 Å². The van der Waals surface area contributed by atoms with Crippen LogP contribution >= 0.6 is 0 Å². The second kappa shape index (κ2) is 10.7. The Bertz CT molecular complexity index is 708. The minimum Gasteiger partial charge on any atom is -0.493 e. The first-order chi connectivity index (χ1) is 13.3. The van der Waals surface area contributed by atoms with E-state index in [2.05, 4.69) is 24.4 Å². The van der Waals surface area contributed by atoms with Gasteiger partial charge in [-0.15, -0.1) is 0 Å². The number of hydrogen-bond donors (Lipinski definition) is 1. The molecule has 1 atom stereocenters. The van der Waals surface area contributed by atoms with Gasteiger partial charge in [0, 0.05) is 12.5 Å². The molecule has 0 aliphatic carbocycles. The molecule has 28 heavy (non-hydrogen) atoms. The molecule has 1 N–H and O–H groups in total. The van der Waals surface area contributed by atoms with Gasteiger partial charge in [-0.05, 0) is 44.0 Å². The van der Waals surface area contributed by atoms with Crippen molar-refractivity contribution in [1.29, 1.82) is 0 Å². The Balaban J connectivity index is 1.65. The summed E-state index contributed by atoms with van der Waals surface area (Å²) in [4.78, 5) is 11.7. The van der Waals surface area contributed by atoms with Crippen molar-refractivity contribution >= 4 is 6.09 Å². The Kier molecular flexibility index (Phi) is 8.33. The van der Waals surface area contributed by atoms with Gasteiger partial charge in [0.05, 0.1) is 19.8 Å². The van der Waals surface area contributed by atoms with Gasteiger partial charge in [0.2, 0.25) is 0 Å². The highest BCUT2D eigenvalue weighted by Crippen LogP contribution is 2.14. The van der Waals surface area contributed by atoms with E-state index in [9.17, 15) is 4.79 Å². The number of benzene rings is 2. The Labute approximate surface area is 168 Å². The van der Waals surface area contributed by atoms with Crippen molar-refractivity contribution in [2.75, 3.05) is 13.2 Å². The van der Waals surface area contributed by atoms with Crippen LogP contribution in [0.1, 0.15) is 38.8 Å². The summed E-state index contributed by atoms with van der Waals surface area (Å²) in [5.41, 5.74) is 1.66. The lowest BCUT2D eigenvalue weighted by Crippen LogP contribution is -2.32. The molecule has 0 radical (unpaired) electrons. The predicted molar refractivity (Wildman–Crippen MR) is 110 cm³/mol. The first kappa shape index (κ1) is 21.8. The minimum atomic E-state index is -0.497. The zero-order valence-electron chi connectivity index (χ0n) is 17.2. The monoisotopic (exact) mass is 385 g/mol. The SMILES string of the molecule is CC(COCc1ccccc1)COc1ccc(CNC(=O)OC(C)(C)C)cc1. The third-order valence-corrected chi connectivity index (χ3v) is 3.81. The first-order valence-electron chi connectivity index (χ1n) is 9.62. The van der Waals surface area contributed by atoms with Crippen LogP contribution in [0.3, 0.4) is 0 Å². The summed E-state index contributed by atoms with van der Waals surface area (Å²) in [7, 11) is 0. The van der Waals surface area contributed by atoms with Crippen LogP contribution in [0.15, 0.2) is 54.6 Å². The summed E-state index contributed by atoms with van der Waals surface area (Å²) in [5, 5.41) is 2.74. The third kappa shape index (κ3) is 8.91. The molecule has 2 aromatic rings. The molecule has 0 fully saturated rings. The number of rotatable bonds is 9. The van der Waals surface area contributed by atoms with E-state index < -0.39 is 11.7 Å². The second-order valence-electron chi connectivity index (χ2n) is 7.92. The van der Waals surface area contributed by atoms with Gasteiger partial charge in [0.1, 0.15) is 11.4 Å². The average Bonchev–Trinajstić information content (AvgIpc) is 2.65. The highest BCUT2D eigenvalue weighted by molar-refractivity contribution is 5.67. The molecule has 0 spiro atoms.